The van der Waals surface area contributed by atoms with Crippen LogP contribution >= 0.6 is 0 Å². The molecular weight excluding hydrogens is 472 g/mol. The number of sulfonamides is 1. The zero-order valence-electron chi connectivity index (χ0n) is 20.7. The molecule has 3 aromatic rings. The lowest BCUT2D eigenvalue weighted by atomic mass is 9.84. The Labute approximate surface area is 213 Å². The van der Waals surface area contributed by atoms with Crippen molar-refractivity contribution in [3.05, 3.63) is 90.5 Å². The Morgan fingerprint density at radius 1 is 0.833 bits per heavy atom. The van der Waals surface area contributed by atoms with Crippen LogP contribution in [0, 0.1) is 5.92 Å². The molecule has 6 nitrogen and oxygen atoms in total. The largest absolute Gasteiger partial charge is 0.388 e. The summed E-state index contributed by atoms with van der Waals surface area (Å²) in [6, 6.07) is 25.4. The molecule has 0 bridgehead atoms. The van der Waals surface area contributed by atoms with Gasteiger partial charge in [-0.1, -0.05) is 72.8 Å². The van der Waals surface area contributed by atoms with Crippen LogP contribution < -0.4 is 10.0 Å². The zero-order chi connectivity index (χ0) is 25.8. The van der Waals surface area contributed by atoms with Crippen LogP contribution in [0.25, 0.3) is 11.1 Å². The van der Waals surface area contributed by atoms with E-state index in [1.165, 1.54) is 0 Å². The Hall–Kier alpha value is -3.00. The van der Waals surface area contributed by atoms with Crippen LogP contribution in [-0.2, 0) is 14.8 Å². The van der Waals surface area contributed by atoms with Crippen molar-refractivity contribution in [2.45, 2.75) is 62.1 Å². The molecule has 7 heteroatoms. The molecule has 0 radical (unpaired) electrons. The summed E-state index contributed by atoms with van der Waals surface area (Å²) in [6.07, 6.45) is 2.33. The Morgan fingerprint density at radius 2 is 1.36 bits per heavy atom. The Morgan fingerprint density at radius 3 is 1.92 bits per heavy atom. The van der Waals surface area contributed by atoms with E-state index in [9.17, 15) is 18.3 Å². The molecule has 1 aliphatic rings. The molecular formula is C29H34N2O4S. The molecule has 1 fully saturated rings. The molecule has 0 saturated heterocycles. The van der Waals surface area contributed by atoms with E-state index in [0.29, 0.717) is 25.7 Å². The van der Waals surface area contributed by atoms with Gasteiger partial charge in [0.2, 0.25) is 15.9 Å². The van der Waals surface area contributed by atoms with Crippen LogP contribution in [0.15, 0.2) is 89.8 Å². The molecule has 3 N–H and O–H groups in total. The molecule has 0 spiro atoms. The molecule has 1 atom stereocenters. The van der Waals surface area contributed by atoms with Gasteiger partial charge in [0.15, 0.2) is 0 Å². The molecule has 3 aromatic carbocycles. The number of rotatable bonds is 8. The fourth-order valence-electron chi connectivity index (χ4n) is 4.79. The molecule has 1 saturated carbocycles. The van der Waals surface area contributed by atoms with Gasteiger partial charge in [0, 0.05) is 12.0 Å². The van der Waals surface area contributed by atoms with Crippen molar-refractivity contribution in [2.24, 2.45) is 5.92 Å². The second-order valence-corrected chi connectivity index (χ2v) is 11.8. The first kappa shape index (κ1) is 26.1. The lowest BCUT2D eigenvalue weighted by Crippen LogP contribution is -2.46. The van der Waals surface area contributed by atoms with Crippen LogP contribution in [0.3, 0.4) is 0 Å². The quantitative estimate of drug-likeness (QED) is 0.408. The van der Waals surface area contributed by atoms with Gasteiger partial charge in [-0.3, -0.25) is 4.79 Å². The highest BCUT2D eigenvalue weighted by atomic mass is 32.2. The number of carbonyl (C=O) groups excluding carboxylic acids is 1. The standard InChI is InChI=1S/C29H34N2O4S/c1-29(2,33)27(23-11-7-4-8-12-23)30-28(32)24-13-17-25(18-14-24)31-36(34,35)26-19-15-22(16-20-26)21-9-5-3-6-10-21/h3-12,15-16,19-20,24-25,27,31,33H,13-14,17-18H2,1-2H3,(H,30,32)/t24-,25-,27-/m0/s1. The van der Waals surface area contributed by atoms with E-state index >= 15 is 0 Å². The molecule has 1 amide bonds. The number of amides is 1. The topological polar surface area (TPSA) is 95.5 Å². The van der Waals surface area contributed by atoms with Gasteiger partial charge in [-0.15, -0.1) is 0 Å². The van der Waals surface area contributed by atoms with Crippen LogP contribution in [0.1, 0.15) is 51.1 Å². The van der Waals surface area contributed by atoms with E-state index in [2.05, 4.69) is 10.0 Å². The summed E-state index contributed by atoms with van der Waals surface area (Å²) >= 11 is 0. The second kappa shape index (κ2) is 10.9. The second-order valence-electron chi connectivity index (χ2n) is 10.1. The monoisotopic (exact) mass is 506 g/mol. The summed E-state index contributed by atoms with van der Waals surface area (Å²) in [7, 11) is -3.65. The minimum Gasteiger partial charge on any atom is -0.388 e. The molecule has 36 heavy (non-hydrogen) atoms. The van der Waals surface area contributed by atoms with E-state index in [4.69, 9.17) is 0 Å². The number of benzene rings is 3. The van der Waals surface area contributed by atoms with Gasteiger partial charge in [0.25, 0.3) is 0 Å². The predicted molar refractivity (Wildman–Crippen MR) is 142 cm³/mol. The first-order chi connectivity index (χ1) is 17.1. The number of hydrogen-bond donors (Lipinski definition) is 3. The summed E-state index contributed by atoms with van der Waals surface area (Å²) in [5.41, 5.74) is 1.71. The number of carbonyl (C=O) groups is 1. The highest BCUT2D eigenvalue weighted by molar-refractivity contribution is 7.89. The maximum Gasteiger partial charge on any atom is 0.240 e. The smallest absolute Gasteiger partial charge is 0.240 e. The summed E-state index contributed by atoms with van der Waals surface area (Å²) in [5, 5.41) is 13.7. The lowest BCUT2D eigenvalue weighted by molar-refractivity contribution is -0.128. The summed E-state index contributed by atoms with van der Waals surface area (Å²) < 4.78 is 28.7. The lowest BCUT2D eigenvalue weighted by Gasteiger charge is -2.34. The first-order valence-electron chi connectivity index (χ1n) is 12.4. The van der Waals surface area contributed by atoms with Gasteiger partial charge in [0.05, 0.1) is 16.5 Å². The van der Waals surface area contributed by atoms with Crippen molar-refractivity contribution >= 4 is 15.9 Å². The minimum absolute atomic E-state index is 0.108. The molecule has 0 aromatic heterocycles. The van der Waals surface area contributed by atoms with Crippen LogP contribution in [-0.4, -0.2) is 31.1 Å². The summed E-state index contributed by atoms with van der Waals surface area (Å²) in [4.78, 5) is 13.3. The molecule has 0 aliphatic heterocycles. The molecule has 0 heterocycles. The Kier molecular flexibility index (Phi) is 7.93. The van der Waals surface area contributed by atoms with E-state index in [1.807, 2.05) is 72.8 Å². The van der Waals surface area contributed by atoms with Crippen molar-refractivity contribution in [3.63, 3.8) is 0 Å². The van der Waals surface area contributed by atoms with Crippen molar-refractivity contribution in [3.8, 4) is 11.1 Å². The highest BCUT2D eigenvalue weighted by Gasteiger charge is 2.34. The van der Waals surface area contributed by atoms with Gasteiger partial charge in [-0.25, -0.2) is 13.1 Å². The molecule has 4 rings (SSSR count). The number of aliphatic hydroxyl groups is 1. The number of nitrogens with one attached hydrogen (secondary N) is 2. The highest BCUT2D eigenvalue weighted by Crippen LogP contribution is 2.30. The predicted octanol–water partition coefficient (Wildman–Crippen LogP) is 4.82. The first-order valence-corrected chi connectivity index (χ1v) is 13.9. The van der Waals surface area contributed by atoms with Crippen LogP contribution in [0.4, 0.5) is 0 Å². The third-order valence-electron chi connectivity index (χ3n) is 6.82. The van der Waals surface area contributed by atoms with Crippen molar-refractivity contribution < 1.29 is 18.3 Å². The SMILES string of the molecule is CC(C)(O)[C@@H](NC(=O)[C@H]1CC[C@H](NS(=O)(=O)c2ccc(-c3ccccc3)cc2)CC1)c1ccccc1. The minimum atomic E-state index is -3.65. The van der Waals surface area contributed by atoms with Gasteiger partial charge < -0.3 is 10.4 Å². The normalized spacial score (nSPS) is 19.4. The van der Waals surface area contributed by atoms with Gasteiger partial charge in [0.1, 0.15) is 0 Å². The zero-order valence-corrected chi connectivity index (χ0v) is 21.5. The molecule has 1 aliphatic carbocycles. The summed E-state index contributed by atoms with van der Waals surface area (Å²) in [5.74, 6) is -0.326. The third kappa shape index (κ3) is 6.40. The fraction of sp³-hybridized carbons (Fsp3) is 0.345. The van der Waals surface area contributed by atoms with Crippen molar-refractivity contribution in [1.29, 1.82) is 0 Å². The maximum atomic E-state index is 13.0. The van der Waals surface area contributed by atoms with E-state index < -0.39 is 21.7 Å². The number of hydrogen-bond acceptors (Lipinski definition) is 4. The van der Waals surface area contributed by atoms with E-state index in [0.717, 1.165) is 16.7 Å². The van der Waals surface area contributed by atoms with Gasteiger partial charge in [-0.05, 0) is 68.4 Å². The van der Waals surface area contributed by atoms with Crippen molar-refractivity contribution in [2.75, 3.05) is 0 Å². The Bertz CT molecular complexity index is 1250. The maximum absolute atomic E-state index is 13.0. The molecule has 190 valence electrons. The Balaban J connectivity index is 1.34. The molecule has 0 unspecified atom stereocenters. The van der Waals surface area contributed by atoms with Crippen LogP contribution in [0.2, 0.25) is 0 Å². The third-order valence-corrected chi connectivity index (χ3v) is 8.35. The van der Waals surface area contributed by atoms with Crippen molar-refractivity contribution in [1.82, 2.24) is 10.0 Å². The van der Waals surface area contributed by atoms with E-state index in [1.54, 1.807) is 26.0 Å². The fourth-order valence-corrected chi connectivity index (χ4v) is 6.10. The summed E-state index contributed by atoms with van der Waals surface area (Å²) in [6.45, 7) is 3.37. The van der Waals surface area contributed by atoms with Gasteiger partial charge >= 0.3 is 0 Å². The van der Waals surface area contributed by atoms with Crippen LogP contribution in [0.5, 0.6) is 0 Å². The average Bonchev–Trinajstić information content (AvgIpc) is 2.88. The average molecular weight is 507 g/mol. The van der Waals surface area contributed by atoms with E-state index in [-0.39, 0.29) is 22.8 Å². The van der Waals surface area contributed by atoms with Gasteiger partial charge in [-0.2, -0.15) is 0 Å².